The van der Waals surface area contributed by atoms with E-state index >= 15 is 0 Å². The van der Waals surface area contributed by atoms with Crippen molar-refractivity contribution in [2.24, 2.45) is 11.7 Å². The normalized spacial score (nSPS) is 31.1. The Bertz CT molecular complexity index is 247. The number of hydrogen-bond acceptors (Lipinski definition) is 2. The van der Waals surface area contributed by atoms with Crippen LogP contribution in [0.3, 0.4) is 0 Å². The molecule has 17 heavy (non-hydrogen) atoms. The smallest absolute Gasteiger partial charge is 0.220 e. The van der Waals surface area contributed by atoms with Crippen molar-refractivity contribution in [1.82, 2.24) is 5.32 Å². The molecule has 1 amide bonds. The molecule has 98 valence electrons. The number of carbonyl (C=O) groups excluding carboxylic acids is 1. The van der Waals surface area contributed by atoms with Crippen molar-refractivity contribution < 1.29 is 4.79 Å². The molecule has 0 bridgehead atoms. The molecule has 2 atom stereocenters. The molecule has 0 spiro atoms. The maximum Gasteiger partial charge on any atom is 0.220 e. The predicted molar refractivity (Wildman–Crippen MR) is 69.6 cm³/mol. The Morgan fingerprint density at radius 3 is 2.29 bits per heavy atom. The predicted octanol–water partition coefficient (Wildman–Crippen LogP) is 2.34. The zero-order valence-corrected chi connectivity index (χ0v) is 10.8. The van der Waals surface area contributed by atoms with Crippen molar-refractivity contribution in [1.29, 1.82) is 0 Å². The van der Waals surface area contributed by atoms with E-state index in [2.05, 4.69) is 5.32 Å². The first kappa shape index (κ1) is 12.9. The lowest BCUT2D eigenvalue weighted by atomic mass is 9.96. The molecule has 2 fully saturated rings. The number of nitrogens with one attached hydrogen (secondary N) is 1. The van der Waals surface area contributed by atoms with Crippen molar-refractivity contribution >= 4 is 5.91 Å². The summed E-state index contributed by atoms with van der Waals surface area (Å²) in [5.74, 6) is 0.856. The zero-order valence-electron chi connectivity index (χ0n) is 10.8. The minimum atomic E-state index is 0.188. The fraction of sp³-hybridized carbons (Fsp3) is 0.929. The lowest BCUT2D eigenvalue weighted by Crippen LogP contribution is -2.44. The van der Waals surface area contributed by atoms with E-state index in [1.807, 2.05) is 0 Å². The van der Waals surface area contributed by atoms with Crippen molar-refractivity contribution in [2.45, 2.75) is 76.3 Å². The first-order valence-electron chi connectivity index (χ1n) is 7.30. The van der Waals surface area contributed by atoms with Crippen molar-refractivity contribution in [2.75, 3.05) is 0 Å². The summed E-state index contributed by atoms with van der Waals surface area (Å²) in [6, 6.07) is 0.432. The summed E-state index contributed by atoms with van der Waals surface area (Å²) in [7, 11) is 0. The third kappa shape index (κ3) is 3.98. The molecule has 0 aromatic rings. The number of amides is 1. The van der Waals surface area contributed by atoms with Crippen LogP contribution in [0.15, 0.2) is 0 Å². The first-order chi connectivity index (χ1) is 8.25. The van der Waals surface area contributed by atoms with E-state index in [4.69, 9.17) is 5.73 Å². The Labute approximate surface area is 105 Å². The highest BCUT2D eigenvalue weighted by Gasteiger charge is 2.26. The van der Waals surface area contributed by atoms with E-state index in [0.717, 1.165) is 25.7 Å². The summed E-state index contributed by atoms with van der Waals surface area (Å²) in [5.41, 5.74) is 5.97. The van der Waals surface area contributed by atoms with Crippen LogP contribution in [0, 0.1) is 5.92 Å². The average Bonchev–Trinajstić information content (AvgIpc) is 2.55. The molecule has 3 heteroatoms. The van der Waals surface area contributed by atoms with Crippen LogP contribution in [0.25, 0.3) is 0 Å². The second-order valence-electron chi connectivity index (χ2n) is 5.83. The SMILES string of the molecule is NC1CCCC1NC(=O)CC1CCCCCC1. The lowest BCUT2D eigenvalue weighted by molar-refractivity contribution is -0.122. The van der Waals surface area contributed by atoms with Gasteiger partial charge in [-0.1, -0.05) is 25.7 Å². The van der Waals surface area contributed by atoms with Crippen LogP contribution >= 0.6 is 0 Å². The number of carbonyl (C=O) groups is 1. The number of nitrogens with two attached hydrogens (primary N) is 1. The number of rotatable bonds is 3. The molecule has 0 aromatic carbocycles. The van der Waals surface area contributed by atoms with Crippen LogP contribution in [0.5, 0.6) is 0 Å². The van der Waals surface area contributed by atoms with Gasteiger partial charge in [-0.05, 0) is 38.0 Å². The van der Waals surface area contributed by atoms with Crippen molar-refractivity contribution in [3.05, 3.63) is 0 Å². The Morgan fingerprint density at radius 2 is 1.71 bits per heavy atom. The van der Waals surface area contributed by atoms with Crippen LogP contribution in [0.4, 0.5) is 0 Å². The molecule has 0 aliphatic heterocycles. The molecule has 0 radical (unpaired) electrons. The van der Waals surface area contributed by atoms with Crippen LogP contribution in [0.1, 0.15) is 64.2 Å². The lowest BCUT2D eigenvalue weighted by Gasteiger charge is -2.19. The van der Waals surface area contributed by atoms with Gasteiger partial charge in [0, 0.05) is 18.5 Å². The molecule has 0 saturated heterocycles. The summed E-state index contributed by atoms with van der Waals surface area (Å²) in [6.07, 6.45) is 11.8. The summed E-state index contributed by atoms with van der Waals surface area (Å²) in [6.45, 7) is 0. The highest BCUT2D eigenvalue weighted by molar-refractivity contribution is 5.76. The van der Waals surface area contributed by atoms with E-state index in [-0.39, 0.29) is 18.0 Å². The van der Waals surface area contributed by atoms with E-state index in [0.29, 0.717) is 5.92 Å². The second kappa shape index (κ2) is 6.39. The standard InChI is InChI=1S/C14H26N2O/c15-12-8-5-9-13(12)16-14(17)10-11-6-3-1-2-4-7-11/h11-13H,1-10,15H2,(H,16,17). The largest absolute Gasteiger partial charge is 0.352 e. The summed E-state index contributed by atoms with van der Waals surface area (Å²) in [4.78, 5) is 12.0. The van der Waals surface area contributed by atoms with Crippen molar-refractivity contribution in [3.63, 3.8) is 0 Å². The highest BCUT2D eigenvalue weighted by atomic mass is 16.1. The number of hydrogen-bond donors (Lipinski definition) is 2. The molecule has 2 aliphatic rings. The Morgan fingerprint density at radius 1 is 1.00 bits per heavy atom. The average molecular weight is 238 g/mol. The highest BCUT2D eigenvalue weighted by Crippen LogP contribution is 2.25. The molecular weight excluding hydrogens is 212 g/mol. The third-order valence-corrected chi connectivity index (χ3v) is 4.36. The molecule has 3 nitrogen and oxygen atoms in total. The second-order valence-corrected chi connectivity index (χ2v) is 5.83. The van der Waals surface area contributed by atoms with Gasteiger partial charge in [-0.25, -0.2) is 0 Å². The Kier molecular flexibility index (Phi) is 4.84. The van der Waals surface area contributed by atoms with Crippen LogP contribution in [-0.2, 0) is 4.79 Å². The van der Waals surface area contributed by atoms with E-state index in [9.17, 15) is 4.79 Å². The summed E-state index contributed by atoms with van der Waals surface area (Å²) < 4.78 is 0. The van der Waals surface area contributed by atoms with Gasteiger partial charge in [-0.2, -0.15) is 0 Å². The van der Waals surface area contributed by atoms with Gasteiger partial charge in [0.15, 0.2) is 0 Å². The minimum Gasteiger partial charge on any atom is -0.352 e. The first-order valence-corrected chi connectivity index (χ1v) is 7.30. The molecule has 2 unspecified atom stereocenters. The fourth-order valence-electron chi connectivity index (χ4n) is 3.26. The summed E-state index contributed by atoms with van der Waals surface area (Å²) in [5, 5.41) is 3.13. The molecule has 0 heterocycles. The van der Waals surface area contributed by atoms with Crippen LogP contribution < -0.4 is 11.1 Å². The topological polar surface area (TPSA) is 55.1 Å². The maximum atomic E-state index is 12.0. The quantitative estimate of drug-likeness (QED) is 0.742. The summed E-state index contributed by atoms with van der Waals surface area (Å²) >= 11 is 0. The Hall–Kier alpha value is -0.570. The maximum absolute atomic E-state index is 12.0. The Balaban J connectivity index is 1.72. The van der Waals surface area contributed by atoms with Gasteiger partial charge in [0.2, 0.25) is 5.91 Å². The van der Waals surface area contributed by atoms with Gasteiger partial charge in [-0.3, -0.25) is 4.79 Å². The van der Waals surface area contributed by atoms with Gasteiger partial charge in [0.1, 0.15) is 0 Å². The molecule has 2 aliphatic carbocycles. The minimum absolute atomic E-state index is 0.188. The van der Waals surface area contributed by atoms with Crippen LogP contribution in [0.2, 0.25) is 0 Å². The third-order valence-electron chi connectivity index (χ3n) is 4.36. The van der Waals surface area contributed by atoms with Gasteiger partial charge in [-0.15, -0.1) is 0 Å². The fourth-order valence-corrected chi connectivity index (χ4v) is 3.26. The van der Waals surface area contributed by atoms with E-state index < -0.39 is 0 Å². The molecule has 3 N–H and O–H groups in total. The zero-order chi connectivity index (χ0) is 12.1. The molecule has 0 aromatic heterocycles. The van der Waals surface area contributed by atoms with Gasteiger partial charge < -0.3 is 11.1 Å². The van der Waals surface area contributed by atoms with Gasteiger partial charge in [0.05, 0.1) is 0 Å². The van der Waals surface area contributed by atoms with Crippen LogP contribution in [-0.4, -0.2) is 18.0 Å². The molecule has 2 rings (SSSR count). The molecule has 2 saturated carbocycles. The monoisotopic (exact) mass is 238 g/mol. The van der Waals surface area contributed by atoms with E-state index in [1.165, 1.54) is 38.5 Å². The molecular formula is C14H26N2O. The van der Waals surface area contributed by atoms with Crippen molar-refractivity contribution in [3.8, 4) is 0 Å². The van der Waals surface area contributed by atoms with Gasteiger partial charge >= 0.3 is 0 Å². The van der Waals surface area contributed by atoms with E-state index in [1.54, 1.807) is 0 Å². The van der Waals surface area contributed by atoms with Gasteiger partial charge in [0.25, 0.3) is 0 Å².